The molecule has 0 saturated heterocycles. The highest BCUT2D eigenvalue weighted by atomic mass is 79.9. The van der Waals surface area contributed by atoms with E-state index < -0.39 is 12.4 Å². The van der Waals surface area contributed by atoms with Crippen molar-refractivity contribution in [2.24, 2.45) is 0 Å². The number of rotatable bonds is 2. The number of esters is 1. The SMILES string of the molecule is COC(=O)c1cc(C)c(C(F)F)nc1Br. The van der Waals surface area contributed by atoms with Gasteiger partial charge >= 0.3 is 5.97 Å². The minimum absolute atomic E-state index is 0.0650. The van der Waals surface area contributed by atoms with Gasteiger partial charge in [-0.3, -0.25) is 0 Å². The summed E-state index contributed by atoms with van der Waals surface area (Å²) in [5, 5.41) is 0. The molecule has 0 radical (unpaired) electrons. The van der Waals surface area contributed by atoms with E-state index in [-0.39, 0.29) is 21.4 Å². The molecule has 0 aliphatic heterocycles. The van der Waals surface area contributed by atoms with Crippen molar-refractivity contribution in [2.75, 3.05) is 7.11 Å². The molecule has 6 heteroatoms. The largest absolute Gasteiger partial charge is 0.465 e. The molecule has 82 valence electrons. The van der Waals surface area contributed by atoms with Crippen LogP contribution in [0.25, 0.3) is 0 Å². The molecule has 0 N–H and O–H groups in total. The predicted octanol–water partition coefficient (Wildman–Crippen LogP) is 2.88. The third-order valence-corrected chi connectivity index (χ3v) is 2.42. The Kier molecular flexibility index (Phi) is 3.73. The number of carbonyl (C=O) groups excluding carboxylic acids is 1. The van der Waals surface area contributed by atoms with E-state index in [1.54, 1.807) is 0 Å². The monoisotopic (exact) mass is 279 g/mol. The topological polar surface area (TPSA) is 39.2 Å². The molecule has 0 aliphatic carbocycles. The highest BCUT2D eigenvalue weighted by molar-refractivity contribution is 9.10. The van der Waals surface area contributed by atoms with E-state index in [0.717, 1.165) is 0 Å². The van der Waals surface area contributed by atoms with Crippen molar-refractivity contribution in [1.29, 1.82) is 0 Å². The van der Waals surface area contributed by atoms with E-state index >= 15 is 0 Å². The first-order chi connectivity index (χ1) is 6.97. The van der Waals surface area contributed by atoms with E-state index in [4.69, 9.17) is 0 Å². The van der Waals surface area contributed by atoms with Gasteiger partial charge in [0.1, 0.15) is 10.3 Å². The molecule has 0 amide bonds. The molecular weight excluding hydrogens is 272 g/mol. The van der Waals surface area contributed by atoms with Crippen LogP contribution >= 0.6 is 15.9 Å². The number of carbonyl (C=O) groups is 1. The first-order valence-corrected chi connectivity index (χ1v) is 4.80. The van der Waals surface area contributed by atoms with Gasteiger partial charge in [0, 0.05) is 0 Å². The van der Waals surface area contributed by atoms with Gasteiger partial charge in [0.25, 0.3) is 6.43 Å². The van der Waals surface area contributed by atoms with Crippen molar-refractivity contribution in [1.82, 2.24) is 4.98 Å². The Morgan fingerprint density at radius 2 is 2.20 bits per heavy atom. The van der Waals surface area contributed by atoms with Crippen LogP contribution in [0.3, 0.4) is 0 Å². The number of aryl methyl sites for hydroxylation is 1. The van der Waals surface area contributed by atoms with Crippen molar-refractivity contribution in [3.05, 3.63) is 27.5 Å². The number of aromatic nitrogens is 1. The van der Waals surface area contributed by atoms with Crippen LogP contribution in [0.4, 0.5) is 8.78 Å². The molecule has 0 spiro atoms. The summed E-state index contributed by atoms with van der Waals surface area (Å²) in [6.07, 6.45) is -2.66. The highest BCUT2D eigenvalue weighted by Crippen LogP contribution is 2.25. The summed E-state index contributed by atoms with van der Waals surface area (Å²) < 4.78 is 29.4. The number of nitrogens with zero attached hydrogens (tertiary/aromatic N) is 1. The molecule has 3 nitrogen and oxygen atoms in total. The van der Waals surface area contributed by atoms with Gasteiger partial charge < -0.3 is 4.74 Å². The van der Waals surface area contributed by atoms with E-state index in [9.17, 15) is 13.6 Å². The first kappa shape index (κ1) is 12.0. The molecule has 0 aromatic carbocycles. The Morgan fingerprint density at radius 1 is 1.60 bits per heavy atom. The highest BCUT2D eigenvalue weighted by Gasteiger charge is 2.18. The lowest BCUT2D eigenvalue weighted by Crippen LogP contribution is -2.06. The summed E-state index contributed by atoms with van der Waals surface area (Å²) in [6.45, 7) is 1.47. The van der Waals surface area contributed by atoms with Crippen molar-refractivity contribution in [2.45, 2.75) is 13.3 Å². The second kappa shape index (κ2) is 4.65. The van der Waals surface area contributed by atoms with Gasteiger partial charge in [0.15, 0.2) is 0 Å². The number of hydrogen-bond acceptors (Lipinski definition) is 3. The number of alkyl halides is 2. The average Bonchev–Trinajstić information content (AvgIpc) is 2.19. The molecule has 15 heavy (non-hydrogen) atoms. The molecule has 0 atom stereocenters. The van der Waals surface area contributed by atoms with Crippen LogP contribution in [0.5, 0.6) is 0 Å². The van der Waals surface area contributed by atoms with Crippen LogP contribution in [0.2, 0.25) is 0 Å². The quantitative estimate of drug-likeness (QED) is 0.617. The minimum Gasteiger partial charge on any atom is -0.465 e. The second-order valence-electron chi connectivity index (χ2n) is 2.82. The van der Waals surface area contributed by atoms with Crippen LogP contribution in [0, 0.1) is 6.92 Å². The Balaban J connectivity index is 3.25. The molecule has 0 aliphatic rings. The van der Waals surface area contributed by atoms with Gasteiger partial charge in [0.2, 0.25) is 0 Å². The Hall–Kier alpha value is -1.04. The Labute approximate surface area is 93.6 Å². The molecule has 1 aromatic rings. The number of pyridine rings is 1. The van der Waals surface area contributed by atoms with Gasteiger partial charge in [-0.2, -0.15) is 0 Å². The molecular formula is C9H8BrF2NO2. The Bertz CT molecular complexity index is 396. The van der Waals surface area contributed by atoms with Crippen LogP contribution in [-0.2, 0) is 4.74 Å². The molecule has 1 heterocycles. The number of hydrogen-bond donors (Lipinski definition) is 0. The zero-order valence-electron chi connectivity index (χ0n) is 8.05. The van der Waals surface area contributed by atoms with Gasteiger partial charge in [-0.15, -0.1) is 0 Å². The van der Waals surface area contributed by atoms with Crippen molar-refractivity contribution in [3.8, 4) is 0 Å². The maximum Gasteiger partial charge on any atom is 0.340 e. The normalized spacial score (nSPS) is 10.5. The number of ether oxygens (including phenoxy) is 1. The van der Waals surface area contributed by atoms with Crippen LogP contribution in [-0.4, -0.2) is 18.1 Å². The molecule has 0 saturated carbocycles. The fourth-order valence-electron chi connectivity index (χ4n) is 1.08. The maximum atomic E-state index is 12.4. The van der Waals surface area contributed by atoms with E-state index in [1.807, 2.05) is 0 Å². The van der Waals surface area contributed by atoms with Gasteiger partial charge in [-0.1, -0.05) is 0 Å². The zero-order chi connectivity index (χ0) is 11.6. The van der Waals surface area contributed by atoms with Crippen molar-refractivity contribution >= 4 is 21.9 Å². The van der Waals surface area contributed by atoms with Crippen molar-refractivity contribution in [3.63, 3.8) is 0 Å². The first-order valence-electron chi connectivity index (χ1n) is 4.01. The summed E-state index contributed by atoms with van der Waals surface area (Å²) in [7, 11) is 1.21. The summed E-state index contributed by atoms with van der Waals surface area (Å²) in [5.74, 6) is -0.613. The van der Waals surface area contributed by atoms with Gasteiger partial charge in [-0.25, -0.2) is 18.6 Å². The number of methoxy groups -OCH3 is 1. The summed E-state index contributed by atoms with van der Waals surface area (Å²) >= 11 is 2.95. The van der Waals surface area contributed by atoms with Gasteiger partial charge in [-0.05, 0) is 34.5 Å². The molecule has 0 bridgehead atoms. The van der Waals surface area contributed by atoms with Gasteiger partial charge in [0.05, 0.1) is 12.7 Å². The van der Waals surface area contributed by atoms with E-state index in [0.29, 0.717) is 0 Å². The Morgan fingerprint density at radius 3 is 2.67 bits per heavy atom. The molecule has 1 rings (SSSR count). The lowest BCUT2D eigenvalue weighted by atomic mass is 10.1. The average molecular weight is 280 g/mol. The zero-order valence-corrected chi connectivity index (χ0v) is 9.64. The molecule has 1 aromatic heterocycles. The maximum absolute atomic E-state index is 12.4. The lowest BCUT2D eigenvalue weighted by Gasteiger charge is -2.07. The smallest absolute Gasteiger partial charge is 0.340 e. The predicted molar refractivity (Wildman–Crippen MR) is 53.0 cm³/mol. The fraction of sp³-hybridized carbons (Fsp3) is 0.333. The summed E-state index contributed by atoms with van der Waals surface area (Å²) in [4.78, 5) is 14.8. The summed E-state index contributed by atoms with van der Waals surface area (Å²) in [5.41, 5.74) is 0.0579. The standard InChI is InChI=1S/C9H8BrF2NO2/c1-4-3-5(9(14)15-2)7(10)13-6(4)8(11)12/h3,8H,1-2H3. The van der Waals surface area contributed by atoms with Crippen LogP contribution in [0.15, 0.2) is 10.7 Å². The summed E-state index contributed by atoms with van der Waals surface area (Å²) in [6, 6.07) is 1.32. The van der Waals surface area contributed by atoms with Crippen molar-refractivity contribution < 1.29 is 18.3 Å². The van der Waals surface area contributed by atoms with E-state index in [1.165, 1.54) is 20.1 Å². The van der Waals surface area contributed by atoms with E-state index in [2.05, 4.69) is 25.7 Å². The lowest BCUT2D eigenvalue weighted by molar-refractivity contribution is 0.0598. The molecule has 0 unspecified atom stereocenters. The third-order valence-electron chi connectivity index (χ3n) is 1.82. The fourth-order valence-corrected chi connectivity index (χ4v) is 1.55. The molecule has 0 fully saturated rings. The number of halogens is 3. The third kappa shape index (κ3) is 2.50. The van der Waals surface area contributed by atoms with Crippen LogP contribution in [0.1, 0.15) is 28.0 Å². The minimum atomic E-state index is -2.66. The second-order valence-corrected chi connectivity index (χ2v) is 3.57. The van der Waals surface area contributed by atoms with Crippen LogP contribution < -0.4 is 0 Å².